The fraction of sp³-hybridized carbons (Fsp3) is 0. The molecule has 4 heteroatoms. The van der Waals surface area contributed by atoms with E-state index < -0.39 is 0 Å². The van der Waals surface area contributed by atoms with E-state index in [1.807, 2.05) is 18.2 Å². The van der Waals surface area contributed by atoms with Crippen molar-refractivity contribution < 1.29 is 13.6 Å². The van der Waals surface area contributed by atoms with Crippen LogP contribution in [0.2, 0.25) is 5.02 Å². The molecule has 3 rings (SSSR count). The van der Waals surface area contributed by atoms with Gasteiger partial charge in [0.1, 0.15) is 5.76 Å². The molecule has 0 radical (unpaired) electrons. The highest BCUT2D eigenvalue weighted by Gasteiger charge is 2.13. The van der Waals surface area contributed by atoms with Gasteiger partial charge in [-0.25, -0.2) is 0 Å². The van der Waals surface area contributed by atoms with Crippen molar-refractivity contribution in [3.8, 4) is 11.3 Å². The third-order valence-corrected chi connectivity index (χ3v) is 2.86. The molecule has 0 aliphatic heterocycles. The second-order valence-electron chi connectivity index (χ2n) is 3.59. The molecule has 17 heavy (non-hydrogen) atoms. The van der Waals surface area contributed by atoms with E-state index in [4.69, 9.17) is 20.4 Å². The first-order valence-electron chi connectivity index (χ1n) is 5.00. The van der Waals surface area contributed by atoms with Crippen LogP contribution in [0, 0.1) is 0 Å². The molecule has 3 aromatic rings. The Balaban J connectivity index is 2.25. The first-order valence-corrected chi connectivity index (χ1v) is 5.38. The predicted octanol–water partition coefficient (Wildman–Crippen LogP) is 4.16. The van der Waals surface area contributed by atoms with Gasteiger partial charge in [0.15, 0.2) is 17.6 Å². The van der Waals surface area contributed by atoms with Gasteiger partial charge in [-0.15, -0.1) is 0 Å². The molecule has 2 aromatic heterocycles. The zero-order valence-corrected chi connectivity index (χ0v) is 9.40. The van der Waals surface area contributed by atoms with E-state index in [1.54, 1.807) is 12.1 Å². The van der Waals surface area contributed by atoms with Crippen LogP contribution in [0.25, 0.3) is 22.3 Å². The molecule has 3 nitrogen and oxygen atoms in total. The smallest absolute Gasteiger partial charge is 0.186 e. The van der Waals surface area contributed by atoms with E-state index in [1.165, 1.54) is 6.26 Å². The minimum atomic E-state index is 0.250. The van der Waals surface area contributed by atoms with E-state index in [2.05, 4.69) is 0 Å². The molecule has 0 saturated carbocycles. The second kappa shape index (κ2) is 3.79. The van der Waals surface area contributed by atoms with E-state index in [-0.39, 0.29) is 5.76 Å². The Labute approximate surface area is 102 Å². The van der Waals surface area contributed by atoms with Crippen LogP contribution in [0.3, 0.4) is 0 Å². The highest BCUT2D eigenvalue weighted by molar-refractivity contribution is 6.34. The Bertz CT molecular complexity index is 694. The summed E-state index contributed by atoms with van der Waals surface area (Å²) in [6.07, 6.45) is 2.11. The lowest BCUT2D eigenvalue weighted by Gasteiger charge is -1.91. The number of para-hydroxylation sites is 1. The molecular formula is C13H7ClO3. The number of aldehydes is 1. The topological polar surface area (TPSA) is 43.4 Å². The Hall–Kier alpha value is -2.00. The van der Waals surface area contributed by atoms with Gasteiger partial charge in [0.25, 0.3) is 0 Å². The summed E-state index contributed by atoms with van der Waals surface area (Å²) in [4.78, 5) is 10.8. The van der Waals surface area contributed by atoms with E-state index in [9.17, 15) is 4.79 Å². The van der Waals surface area contributed by atoms with Crippen LogP contribution >= 0.6 is 11.6 Å². The Morgan fingerprint density at radius 3 is 2.88 bits per heavy atom. The van der Waals surface area contributed by atoms with E-state index >= 15 is 0 Å². The summed E-state index contributed by atoms with van der Waals surface area (Å²) >= 11 is 6.02. The summed E-state index contributed by atoms with van der Waals surface area (Å²) in [6.45, 7) is 0. The van der Waals surface area contributed by atoms with Gasteiger partial charge in [0.2, 0.25) is 0 Å². The molecule has 0 unspecified atom stereocenters. The first kappa shape index (κ1) is 10.2. The molecule has 0 spiro atoms. The summed E-state index contributed by atoms with van der Waals surface area (Å²) in [5.41, 5.74) is 1.24. The minimum absolute atomic E-state index is 0.250. The third kappa shape index (κ3) is 1.56. The molecule has 0 fully saturated rings. The molecule has 0 amide bonds. The van der Waals surface area contributed by atoms with Crippen molar-refractivity contribution in [1.29, 1.82) is 0 Å². The number of hydrogen-bond donors (Lipinski definition) is 0. The van der Waals surface area contributed by atoms with Crippen LogP contribution in [0.5, 0.6) is 0 Å². The SMILES string of the molecule is O=Cc1occc1-c1cc2cccc(Cl)c2o1. The lowest BCUT2D eigenvalue weighted by atomic mass is 10.2. The number of hydrogen-bond acceptors (Lipinski definition) is 3. The highest BCUT2D eigenvalue weighted by atomic mass is 35.5. The van der Waals surface area contributed by atoms with Crippen molar-refractivity contribution >= 4 is 28.9 Å². The Morgan fingerprint density at radius 2 is 2.12 bits per heavy atom. The van der Waals surface area contributed by atoms with Gasteiger partial charge in [0.05, 0.1) is 16.8 Å². The number of furan rings is 2. The van der Waals surface area contributed by atoms with Gasteiger partial charge in [0, 0.05) is 5.39 Å². The quantitative estimate of drug-likeness (QED) is 0.638. The van der Waals surface area contributed by atoms with Crippen LogP contribution in [0.1, 0.15) is 10.6 Å². The zero-order chi connectivity index (χ0) is 11.8. The van der Waals surface area contributed by atoms with Gasteiger partial charge in [-0.05, 0) is 18.2 Å². The highest BCUT2D eigenvalue weighted by Crippen LogP contribution is 2.33. The lowest BCUT2D eigenvalue weighted by Crippen LogP contribution is -1.77. The number of carbonyl (C=O) groups is 1. The zero-order valence-electron chi connectivity index (χ0n) is 8.64. The van der Waals surface area contributed by atoms with Gasteiger partial charge < -0.3 is 8.83 Å². The summed E-state index contributed by atoms with van der Waals surface area (Å²) in [6, 6.07) is 9.02. The summed E-state index contributed by atoms with van der Waals surface area (Å²) < 4.78 is 10.7. The molecule has 0 atom stereocenters. The summed E-state index contributed by atoms with van der Waals surface area (Å²) in [5.74, 6) is 0.823. The fourth-order valence-electron chi connectivity index (χ4n) is 1.78. The van der Waals surface area contributed by atoms with Crippen molar-refractivity contribution in [2.45, 2.75) is 0 Å². The largest absolute Gasteiger partial charge is 0.461 e. The van der Waals surface area contributed by atoms with Crippen molar-refractivity contribution in [3.63, 3.8) is 0 Å². The monoisotopic (exact) mass is 246 g/mol. The first-order chi connectivity index (χ1) is 8.29. The molecule has 0 aliphatic carbocycles. The number of benzene rings is 1. The molecule has 0 N–H and O–H groups in total. The second-order valence-corrected chi connectivity index (χ2v) is 3.99. The van der Waals surface area contributed by atoms with Crippen molar-refractivity contribution in [2.24, 2.45) is 0 Å². The molecule has 0 bridgehead atoms. The maximum absolute atomic E-state index is 10.8. The molecule has 2 heterocycles. The average Bonchev–Trinajstić information content (AvgIpc) is 2.94. The van der Waals surface area contributed by atoms with Gasteiger partial charge in [-0.2, -0.15) is 0 Å². The van der Waals surface area contributed by atoms with Crippen LogP contribution in [0.4, 0.5) is 0 Å². The van der Waals surface area contributed by atoms with Crippen molar-refractivity contribution in [2.75, 3.05) is 0 Å². The molecular weight excluding hydrogens is 240 g/mol. The summed E-state index contributed by atoms with van der Waals surface area (Å²) in [7, 11) is 0. The Kier molecular flexibility index (Phi) is 2.27. The normalized spacial score (nSPS) is 10.9. The molecule has 0 saturated heterocycles. The van der Waals surface area contributed by atoms with Crippen LogP contribution < -0.4 is 0 Å². The number of fused-ring (bicyclic) bond motifs is 1. The van der Waals surface area contributed by atoms with E-state index in [0.717, 1.165) is 5.39 Å². The molecule has 84 valence electrons. The number of carbonyl (C=O) groups excluding carboxylic acids is 1. The average molecular weight is 247 g/mol. The maximum atomic E-state index is 10.8. The third-order valence-electron chi connectivity index (χ3n) is 2.56. The molecule has 0 aliphatic rings. The molecule has 1 aromatic carbocycles. The van der Waals surface area contributed by atoms with Crippen molar-refractivity contribution in [3.05, 3.63) is 47.4 Å². The van der Waals surface area contributed by atoms with Crippen LogP contribution in [-0.2, 0) is 0 Å². The van der Waals surface area contributed by atoms with Crippen molar-refractivity contribution in [1.82, 2.24) is 0 Å². The lowest BCUT2D eigenvalue weighted by molar-refractivity contribution is 0.110. The Morgan fingerprint density at radius 1 is 1.24 bits per heavy atom. The minimum Gasteiger partial charge on any atom is -0.461 e. The fourth-order valence-corrected chi connectivity index (χ4v) is 2.00. The van der Waals surface area contributed by atoms with Crippen LogP contribution in [0.15, 0.2) is 45.4 Å². The van der Waals surface area contributed by atoms with Gasteiger partial charge in [-0.3, -0.25) is 4.79 Å². The number of rotatable bonds is 2. The summed E-state index contributed by atoms with van der Waals surface area (Å²) in [5, 5.41) is 1.44. The number of halogens is 1. The van der Waals surface area contributed by atoms with E-state index in [0.29, 0.717) is 28.2 Å². The van der Waals surface area contributed by atoms with Gasteiger partial charge >= 0.3 is 0 Å². The standard InChI is InChI=1S/C13H7ClO3/c14-10-3-1-2-8-6-11(17-13(8)10)9-4-5-16-12(9)7-15/h1-7H. The van der Waals surface area contributed by atoms with Gasteiger partial charge in [-0.1, -0.05) is 23.7 Å². The van der Waals surface area contributed by atoms with Crippen LogP contribution in [-0.4, -0.2) is 6.29 Å². The predicted molar refractivity (Wildman–Crippen MR) is 64.3 cm³/mol. The maximum Gasteiger partial charge on any atom is 0.186 e.